The van der Waals surface area contributed by atoms with Crippen LogP contribution in [0.25, 0.3) is 10.9 Å². The molecule has 0 unspecified atom stereocenters. The number of amides is 8. The highest BCUT2D eigenvalue weighted by molar-refractivity contribution is 5.98. The number of para-hydroxylation sites is 1. The molecule has 13 N–H and O–H groups in total. The maximum absolute atomic E-state index is 14.8. The van der Waals surface area contributed by atoms with Gasteiger partial charge in [0.15, 0.2) is 5.96 Å². The number of imidazole rings is 1. The monoisotopic (exact) mass is 993 g/mol. The van der Waals surface area contributed by atoms with Gasteiger partial charge in [-0.2, -0.15) is 0 Å². The molecule has 0 radical (unpaired) electrons. The topological polar surface area (TPSA) is 330 Å². The van der Waals surface area contributed by atoms with Crippen molar-refractivity contribution in [1.29, 1.82) is 5.41 Å². The molecule has 2 aromatic heterocycles. The first kappa shape index (κ1) is 53.6. The Kier molecular flexibility index (Phi) is 19.7. The van der Waals surface area contributed by atoms with Crippen molar-refractivity contribution in [2.75, 3.05) is 19.6 Å². The van der Waals surface area contributed by atoms with Crippen LogP contribution < -0.4 is 48.3 Å². The van der Waals surface area contributed by atoms with Gasteiger partial charge in [0.05, 0.1) is 12.0 Å². The summed E-state index contributed by atoms with van der Waals surface area (Å²) in [4.78, 5) is 124. The second-order valence-electron chi connectivity index (χ2n) is 18.5. The summed E-state index contributed by atoms with van der Waals surface area (Å²) in [7, 11) is 0. The van der Waals surface area contributed by atoms with Gasteiger partial charge in [0.25, 0.3) is 0 Å². The van der Waals surface area contributed by atoms with E-state index < -0.39 is 77.6 Å². The van der Waals surface area contributed by atoms with Gasteiger partial charge in [-0.1, -0.05) is 48.5 Å². The van der Waals surface area contributed by atoms with E-state index >= 15 is 0 Å². The highest BCUT2D eigenvalue weighted by Gasteiger charge is 2.36. The van der Waals surface area contributed by atoms with Crippen LogP contribution in [0.15, 0.2) is 73.3 Å². The number of nitrogens with one attached hydrogen (secondary N) is 11. The number of nitrogens with two attached hydrogens (primary N) is 1. The lowest BCUT2D eigenvalue weighted by molar-refractivity contribution is -0.138. The summed E-state index contributed by atoms with van der Waals surface area (Å²) >= 11 is 0. The number of H-pyrrole nitrogens is 2. The molecular weight excluding hydrogens is 925 g/mol. The Bertz CT molecular complexity index is 2520. The Labute approximate surface area is 417 Å². The van der Waals surface area contributed by atoms with Gasteiger partial charge in [-0.05, 0) is 75.5 Å². The van der Waals surface area contributed by atoms with Crippen molar-refractivity contribution >= 4 is 64.1 Å². The molecule has 2 saturated heterocycles. The van der Waals surface area contributed by atoms with Gasteiger partial charge in [0, 0.05) is 81.6 Å². The maximum Gasteiger partial charge on any atom is 0.245 e. The Hall–Kier alpha value is -7.78. The summed E-state index contributed by atoms with van der Waals surface area (Å²) in [6.07, 6.45) is 7.14. The SMILES string of the molecule is CC(=O)N[C@H]1CCC(=O)NCCCC[C@@H](C(=O)N2CCC[C@H]2C)NC(=O)[C@H](Cc2c[nH]c3ccccc23)NC(=O)[C@H](CCCNC(=N)N)NC(=O)[C@@H](Cc2ccccc2)NC(=O)[C@H](Cc2c[nH]cn2)NC1=O. The van der Waals surface area contributed by atoms with Crippen molar-refractivity contribution < 1.29 is 38.4 Å². The molecule has 4 heterocycles. The molecule has 8 amide bonds. The first-order valence-electron chi connectivity index (χ1n) is 24.7. The average Bonchev–Trinajstić information content (AvgIpc) is 4.14. The van der Waals surface area contributed by atoms with Crippen molar-refractivity contribution in [1.82, 2.24) is 62.4 Å². The van der Waals surface area contributed by atoms with E-state index in [-0.39, 0.29) is 82.4 Å². The molecule has 0 spiro atoms. The molecule has 72 heavy (non-hydrogen) atoms. The van der Waals surface area contributed by atoms with Crippen LogP contribution in [0.1, 0.15) is 88.5 Å². The molecule has 6 rings (SSSR count). The molecule has 0 bridgehead atoms. The number of hydrogen-bond acceptors (Lipinski definition) is 10. The lowest BCUT2D eigenvalue weighted by Crippen LogP contribution is -2.60. The van der Waals surface area contributed by atoms with E-state index in [1.807, 2.05) is 31.2 Å². The molecule has 2 aliphatic rings. The molecule has 4 aromatic rings. The number of aromatic nitrogens is 3. The summed E-state index contributed by atoms with van der Waals surface area (Å²) in [5, 5.41) is 30.8. The number of benzene rings is 2. The summed E-state index contributed by atoms with van der Waals surface area (Å²) in [5.74, 6) is -5.17. The molecule has 7 atom stereocenters. The number of carbonyl (C=O) groups excluding carboxylic acids is 8. The van der Waals surface area contributed by atoms with Crippen molar-refractivity contribution in [3.05, 3.63) is 90.1 Å². The predicted octanol–water partition coefficient (Wildman–Crippen LogP) is 0.202. The fraction of sp³-hybridized carbons (Fsp3) is 0.480. The second-order valence-corrected chi connectivity index (χ2v) is 18.5. The lowest BCUT2D eigenvalue weighted by atomic mass is 10.0. The summed E-state index contributed by atoms with van der Waals surface area (Å²) < 4.78 is 0. The number of hydrogen-bond donors (Lipinski definition) is 12. The molecular formula is C50H68N14O8. The minimum absolute atomic E-state index is 0.000202. The quantitative estimate of drug-likeness (QED) is 0.0517. The van der Waals surface area contributed by atoms with Gasteiger partial charge in [-0.15, -0.1) is 0 Å². The van der Waals surface area contributed by atoms with Crippen molar-refractivity contribution in [3.8, 4) is 0 Å². The van der Waals surface area contributed by atoms with Crippen LogP contribution in [-0.4, -0.2) is 135 Å². The number of nitrogens with zero attached hydrogens (tertiary/aromatic N) is 2. The van der Waals surface area contributed by atoms with Crippen LogP contribution in [0, 0.1) is 5.41 Å². The number of fused-ring (bicyclic) bond motifs is 1. The molecule has 22 heteroatoms. The largest absolute Gasteiger partial charge is 0.370 e. The third kappa shape index (κ3) is 15.9. The summed E-state index contributed by atoms with van der Waals surface area (Å²) in [6, 6.07) is 8.83. The zero-order valence-corrected chi connectivity index (χ0v) is 40.8. The molecule has 2 aliphatic heterocycles. The van der Waals surface area contributed by atoms with Crippen LogP contribution in [0.4, 0.5) is 0 Å². The predicted molar refractivity (Wildman–Crippen MR) is 267 cm³/mol. The van der Waals surface area contributed by atoms with Crippen LogP contribution >= 0.6 is 0 Å². The highest BCUT2D eigenvalue weighted by atomic mass is 16.2. The summed E-state index contributed by atoms with van der Waals surface area (Å²) in [5.41, 5.74) is 8.12. The van der Waals surface area contributed by atoms with Crippen molar-refractivity contribution in [2.45, 2.75) is 133 Å². The van der Waals surface area contributed by atoms with E-state index in [9.17, 15) is 38.4 Å². The van der Waals surface area contributed by atoms with Crippen molar-refractivity contribution in [2.24, 2.45) is 5.73 Å². The molecule has 0 aliphatic carbocycles. The number of rotatable bonds is 12. The van der Waals surface area contributed by atoms with Gasteiger partial charge in [0.2, 0.25) is 47.3 Å². The molecule has 386 valence electrons. The van der Waals surface area contributed by atoms with Crippen LogP contribution in [0.5, 0.6) is 0 Å². The van der Waals surface area contributed by atoms with Gasteiger partial charge in [0.1, 0.15) is 36.3 Å². The van der Waals surface area contributed by atoms with Crippen molar-refractivity contribution in [3.63, 3.8) is 0 Å². The minimum Gasteiger partial charge on any atom is -0.370 e. The van der Waals surface area contributed by atoms with E-state index in [0.717, 1.165) is 23.7 Å². The van der Waals surface area contributed by atoms with E-state index in [1.54, 1.807) is 41.4 Å². The Morgan fingerprint density at radius 2 is 1.43 bits per heavy atom. The maximum atomic E-state index is 14.8. The van der Waals surface area contributed by atoms with Gasteiger partial charge >= 0.3 is 0 Å². The van der Waals surface area contributed by atoms with Crippen LogP contribution in [0.2, 0.25) is 0 Å². The standard InChI is InChI=1S/C50H68N14O8/c1-30-12-11-23-64(30)49(72)39-17-8-9-21-54-43(66)20-19-38(58-31(2)65)45(68)63-42(26-34-28-53-29-57-34)48(71)61-40(24-32-13-4-3-5-14-32)46(69)59-37(18-10-22-55-50(51)52)44(67)62-41(47(70)60-39)25-33-27-56-36-16-7-6-15-35(33)36/h3-7,13-16,27-30,37-42,56H,8-12,17-26H2,1-2H3,(H,53,57)(H,54,66)(H,58,65)(H,59,69)(H,60,70)(H,61,71)(H,62,67)(H,63,68)(H4,51,52,55)/t30-,37+,38+,39+,40-,41+,42+/m1/s1. The fourth-order valence-corrected chi connectivity index (χ4v) is 9.07. The minimum atomic E-state index is -1.34. The normalized spacial score (nSPS) is 23.6. The van der Waals surface area contributed by atoms with Gasteiger partial charge in [-0.3, -0.25) is 43.8 Å². The second kappa shape index (κ2) is 26.4. The third-order valence-electron chi connectivity index (χ3n) is 12.9. The van der Waals surface area contributed by atoms with E-state index in [2.05, 4.69) is 57.5 Å². The van der Waals surface area contributed by atoms with Gasteiger partial charge in [-0.25, -0.2) is 4.98 Å². The number of aromatic amines is 2. The average molecular weight is 993 g/mol. The molecule has 22 nitrogen and oxygen atoms in total. The van der Waals surface area contributed by atoms with E-state index in [0.29, 0.717) is 36.2 Å². The first-order chi connectivity index (χ1) is 34.6. The summed E-state index contributed by atoms with van der Waals surface area (Å²) in [6.45, 7) is 4.08. The highest BCUT2D eigenvalue weighted by Crippen LogP contribution is 2.22. The van der Waals surface area contributed by atoms with E-state index in [1.165, 1.54) is 19.4 Å². The van der Waals surface area contributed by atoms with Crippen LogP contribution in [0.3, 0.4) is 0 Å². The number of likely N-dealkylation sites (tertiary alicyclic amines) is 1. The Balaban J connectivity index is 1.37. The smallest absolute Gasteiger partial charge is 0.245 e. The Morgan fingerprint density at radius 1 is 0.764 bits per heavy atom. The Morgan fingerprint density at radius 3 is 2.12 bits per heavy atom. The zero-order chi connectivity index (χ0) is 51.6. The molecule has 2 aromatic carbocycles. The lowest BCUT2D eigenvalue weighted by Gasteiger charge is -2.30. The van der Waals surface area contributed by atoms with E-state index in [4.69, 9.17) is 11.1 Å². The fourth-order valence-electron chi connectivity index (χ4n) is 9.07. The zero-order valence-electron chi connectivity index (χ0n) is 40.8. The van der Waals surface area contributed by atoms with Crippen LogP contribution in [-0.2, 0) is 57.6 Å². The number of carbonyl (C=O) groups is 8. The molecule has 2 fully saturated rings. The third-order valence-corrected chi connectivity index (χ3v) is 12.9. The first-order valence-corrected chi connectivity index (χ1v) is 24.7. The van der Waals surface area contributed by atoms with Gasteiger partial charge < -0.3 is 63.1 Å². The molecule has 0 saturated carbocycles. The number of guanidine groups is 1.